The van der Waals surface area contributed by atoms with Gasteiger partial charge >= 0.3 is 5.97 Å². The normalized spacial score (nSPS) is 11.3. The number of sulfone groups is 1. The number of anilines is 1. The fraction of sp³-hybridized carbons (Fsp3) is 0.171. The number of carbonyl (C=O) groups excluding carboxylic acids is 1. The predicted octanol–water partition coefficient (Wildman–Crippen LogP) is 6.53. The number of nitrogens with zero attached hydrogens (tertiary/aromatic N) is 2. The number of rotatable bonds is 13. The van der Waals surface area contributed by atoms with Crippen LogP contribution in [-0.4, -0.2) is 42.7 Å². The number of halogens is 1. The molecule has 5 rings (SSSR count). The maximum atomic E-state index is 13.3. The molecule has 0 saturated carbocycles. The van der Waals surface area contributed by atoms with Crippen LogP contribution < -0.4 is 9.64 Å². The molecule has 45 heavy (non-hydrogen) atoms. The first-order valence-electron chi connectivity index (χ1n) is 14.3. The topological polar surface area (TPSA) is 114 Å². The molecule has 10 heteroatoms. The van der Waals surface area contributed by atoms with E-state index in [9.17, 15) is 23.1 Å². The molecule has 1 heterocycles. The zero-order chi connectivity index (χ0) is 31.8. The molecule has 8 nitrogen and oxygen atoms in total. The lowest BCUT2D eigenvalue weighted by molar-refractivity contribution is -0.136. The maximum absolute atomic E-state index is 13.3. The number of carboxylic acid groups (broad SMARTS) is 1. The highest BCUT2D eigenvalue weighted by Crippen LogP contribution is 2.22. The van der Waals surface area contributed by atoms with Gasteiger partial charge in [-0.25, -0.2) is 13.4 Å². The minimum atomic E-state index is -3.44. The molecule has 0 fully saturated rings. The Bertz CT molecular complexity index is 1910. The number of hydrogen-bond donors (Lipinski definition) is 1. The van der Waals surface area contributed by atoms with Crippen molar-refractivity contribution in [1.29, 1.82) is 0 Å². The van der Waals surface area contributed by atoms with E-state index in [1.54, 1.807) is 60.7 Å². The van der Waals surface area contributed by atoms with Crippen molar-refractivity contribution >= 4 is 49.9 Å². The lowest BCUT2D eigenvalue weighted by Gasteiger charge is -2.21. The number of fused-ring (bicyclic) bond motifs is 1. The Morgan fingerprint density at radius 1 is 0.844 bits per heavy atom. The third kappa shape index (κ3) is 8.68. The van der Waals surface area contributed by atoms with Crippen molar-refractivity contribution in [1.82, 2.24) is 4.98 Å². The smallest absolute Gasteiger partial charge is 0.323 e. The van der Waals surface area contributed by atoms with Crippen molar-refractivity contribution in [2.75, 3.05) is 17.2 Å². The van der Waals surface area contributed by atoms with Crippen LogP contribution in [0.15, 0.2) is 114 Å². The first-order chi connectivity index (χ1) is 21.7. The van der Waals surface area contributed by atoms with Crippen molar-refractivity contribution in [2.45, 2.75) is 30.8 Å². The summed E-state index contributed by atoms with van der Waals surface area (Å²) in [5.41, 5.74) is 3.65. The van der Waals surface area contributed by atoms with Crippen LogP contribution in [0.5, 0.6) is 5.75 Å². The van der Waals surface area contributed by atoms with Crippen LogP contribution >= 0.6 is 11.6 Å². The van der Waals surface area contributed by atoms with E-state index in [0.29, 0.717) is 34.9 Å². The van der Waals surface area contributed by atoms with Gasteiger partial charge in [-0.1, -0.05) is 60.1 Å². The van der Waals surface area contributed by atoms with Gasteiger partial charge in [-0.15, -0.1) is 0 Å². The molecule has 0 aliphatic carbocycles. The Hall–Kier alpha value is -4.73. The number of aliphatic carboxylic acids is 1. The highest BCUT2D eigenvalue weighted by molar-refractivity contribution is 7.91. The van der Waals surface area contributed by atoms with Gasteiger partial charge in [0.05, 0.1) is 28.3 Å². The predicted molar refractivity (Wildman–Crippen MR) is 174 cm³/mol. The van der Waals surface area contributed by atoms with Gasteiger partial charge in [-0.2, -0.15) is 0 Å². The molecular formula is C35H31ClN2O6S. The molecule has 1 N–H and O–H groups in total. The van der Waals surface area contributed by atoms with Crippen LogP contribution in [0, 0.1) is 0 Å². The maximum Gasteiger partial charge on any atom is 0.323 e. The number of amides is 1. The van der Waals surface area contributed by atoms with Crippen LogP contribution in [0.4, 0.5) is 5.69 Å². The number of aromatic nitrogens is 1. The Kier molecular flexibility index (Phi) is 10.1. The van der Waals surface area contributed by atoms with Crippen LogP contribution in [0.3, 0.4) is 0 Å². The Balaban J connectivity index is 1.19. The van der Waals surface area contributed by atoms with Gasteiger partial charge in [0.1, 0.15) is 18.9 Å². The summed E-state index contributed by atoms with van der Waals surface area (Å²) in [5, 5.41) is 11.0. The number of carbonyl (C=O) groups is 2. The number of carboxylic acids is 1. The van der Waals surface area contributed by atoms with E-state index < -0.39 is 22.4 Å². The zero-order valence-corrected chi connectivity index (χ0v) is 25.9. The minimum Gasteiger partial charge on any atom is -0.487 e. The summed E-state index contributed by atoms with van der Waals surface area (Å²) in [5.74, 6) is -0.975. The molecule has 1 amide bonds. The third-order valence-electron chi connectivity index (χ3n) is 7.19. The van der Waals surface area contributed by atoms with Crippen molar-refractivity contribution in [3.05, 3.63) is 131 Å². The summed E-state index contributed by atoms with van der Waals surface area (Å²) in [6.07, 6.45) is 0.877. The van der Waals surface area contributed by atoms with E-state index in [0.717, 1.165) is 22.2 Å². The molecule has 0 aliphatic heterocycles. The molecule has 4 aromatic carbocycles. The van der Waals surface area contributed by atoms with Crippen LogP contribution in [0.2, 0.25) is 5.02 Å². The first kappa shape index (κ1) is 31.7. The molecule has 0 aliphatic rings. The second-order valence-corrected chi connectivity index (χ2v) is 13.1. The summed E-state index contributed by atoms with van der Waals surface area (Å²) >= 11 is 5.86. The average molecular weight is 643 g/mol. The van der Waals surface area contributed by atoms with Gasteiger partial charge in [0, 0.05) is 16.1 Å². The highest BCUT2D eigenvalue weighted by Gasteiger charge is 2.20. The number of ether oxygens (including phenoxy) is 1. The lowest BCUT2D eigenvalue weighted by atomic mass is 10.1. The molecule has 230 valence electrons. The fourth-order valence-electron chi connectivity index (χ4n) is 4.89. The van der Waals surface area contributed by atoms with Gasteiger partial charge in [-0.05, 0) is 84.6 Å². The molecule has 0 atom stereocenters. The summed E-state index contributed by atoms with van der Waals surface area (Å²) in [6.45, 7) is -0.242. The molecule has 5 aromatic rings. The standard InChI is InChI=1S/C35H31ClN2O6S/c36-28-13-18-32(19-14-28)45(42,43)20-4-6-25-10-16-30(17-11-25)38(23-35(40)41)34(39)22-26-5-3-8-31(21-26)44-24-29-15-12-27-7-1-2-9-33(27)37-29/h1-3,5,7-19,21H,4,6,20,22-24H2,(H,40,41). The molecule has 0 saturated heterocycles. The summed E-state index contributed by atoms with van der Waals surface area (Å²) < 4.78 is 31.2. The number of aryl methyl sites for hydroxylation is 1. The van der Waals surface area contributed by atoms with Crippen molar-refractivity contribution < 1.29 is 27.9 Å². The lowest BCUT2D eigenvalue weighted by Crippen LogP contribution is -2.36. The van der Waals surface area contributed by atoms with Gasteiger partial charge < -0.3 is 14.7 Å². The second kappa shape index (κ2) is 14.4. The van der Waals surface area contributed by atoms with Gasteiger partial charge in [-0.3, -0.25) is 9.59 Å². The molecule has 0 radical (unpaired) electrons. The molecule has 0 spiro atoms. The second-order valence-electron chi connectivity index (χ2n) is 10.5. The Labute approximate surface area is 266 Å². The van der Waals surface area contributed by atoms with E-state index in [2.05, 4.69) is 4.98 Å². The fourth-order valence-corrected chi connectivity index (χ4v) is 6.33. The summed E-state index contributed by atoms with van der Waals surface area (Å²) in [6, 6.07) is 31.9. The number of para-hydroxylation sites is 1. The van der Waals surface area contributed by atoms with E-state index in [4.69, 9.17) is 16.3 Å². The first-order valence-corrected chi connectivity index (χ1v) is 16.4. The van der Waals surface area contributed by atoms with Crippen molar-refractivity contribution in [3.63, 3.8) is 0 Å². The van der Waals surface area contributed by atoms with Gasteiger partial charge in [0.15, 0.2) is 9.84 Å². The van der Waals surface area contributed by atoms with Crippen LogP contribution in [0.1, 0.15) is 23.2 Å². The number of pyridine rings is 1. The summed E-state index contributed by atoms with van der Waals surface area (Å²) in [7, 11) is -3.44. The average Bonchev–Trinajstić information content (AvgIpc) is 3.03. The van der Waals surface area contributed by atoms with E-state index >= 15 is 0 Å². The van der Waals surface area contributed by atoms with E-state index in [1.165, 1.54) is 17.0 Å². The SMILES string of the molecule is O=C(O)CN(C(=O)Cc1cccc(OCc2ccc3ccccc3n2)c1)c1ccc(CCCS(=O)(=O)c2ccc(Cl)cc2)cc1. The van der Waals surface area contributed by atoms with Crippen LogP contribution in [-0.2, 0) is 38.9 Å². The monoisotopic (exact) mass is 642 g/mol. The van der Waals surface area contributed by atoms with Crippen molar-refractivity contribution in [2.24, 2.45) is 0 Å². The largest absolute Gasteiger partial charge is 0.487 e. The summed E-state index contributed by atoms with van der Waals surface area (Å²) in [4.78, 5) is 31.0. The highest BCUT2D eigenvalue weighted by atomic mass is 35.5. The Morgan fingerprint density at radius 2 is 1.60 bits per heavy atom. The number of hydrogen-bond acceptors (Lipinski definition) is 6. The molecular weight excluding hydrogens is 612 g/mol. The minimum absolute atomic E-state index is 0.0248. The van der Waals surface area contributed by atoms with Gasteiger partial charge in [0.2, 0.25) is 5.91 Å². The molecule has 0 unspecified atom stereocenters. The molecule has 0 bridgehead atoms. The van der Waals surface area contributed by atoms with Gasteiger partial charge in [0.25, 0.3) is 0 Å². The Morgan fingerprint density at radius 3 is 2.36 bits per heavy atom. The zero-order valence-electron chi connectivity index (χ0n) is 24.3. The van der Waals surface area contributed by atoms with Crippen molar-refractivity contribution in [3.8, 4) is 5.75 Å². The molecule has 1 aromatic heterocycles. The van der Waals surface area contributed by atoms with E-state index in [1.807, 2.05) is 36.4 Å². The number of benzene rings is 4. The van der Waals surface area contributed by atoms with Crippen LogP contribution in [0.25, 0.3) is 10.9 Å². The quantitative estimate of drug-likeness (QED) is 0.155. The van der Waals surface area contributed by atoms with E-state index in [-0.39, 0.29) is 29.6 Å². The third-order valence-corrected chi connectivity index (χ3v) is 9.26.